The molecule has 0 amide bonds. The largest absolute Gasteiger partial charge is 0.389 e. The minimum atomic E-state index is -0.479. The Morgan fingerprint density at radius 2 is 2.20 bits per heavy atom. The van der Waals surface area contributed by atoms with Gasteiger partial charge in [-0.15, -0.1) is 5.73 Å². The van der Waals surface area contributed by atoms with Crippen molar-refractivity contribution < 1.29 is 10.2 Å². The maximum absolute atomic E-state index is 9.63. The molecule has 0 heterocycles. The molecule has 0 unspecified atom stereocenters. The van der Waals surface area contributed by atoms with Crippen LogP contribution in [0.3, 0.4) is 0 Å². The number of aliphatic hydroxyl groups excluding tert-OH is 2. The Balaban J connectivity index is 3.15. The normalized spacial score (nSPS) is 26.7. The molecule has 2 N–H and O–H groups in total. The summed E-state index contributed by atoms with van der Waals surface area (Å²) in [4.78, 5) is 0. The van der Waals surface area contributed by atoms with Gasteiger partial charge in [0.2, 0.25) is 0 Å². The van der Waals surface area contributed by atoms with Gasteiger partial charge in [-0.2, -0.15) is 0 Å². The van der Waals surface area contributed by atoms with Crippen molar-refractivity contribution >= 4 is 0 Å². The summed E-state index contributed by atoms with van der Waals surface area (Å²) in [5, 5.41) is 18.8. The highest BCUT2D eigenvalue weighted by molar-refractivity contribution is 5.37. The van der Waals surface area contributed by atoms with Gasteiger partial charge < -0.3 is 10.2 Å². The molecule has 1 rings (SSSR count). The molecule has 0 aromatic heterocycles. The SMILES string of the molecule is CC1=C[C@@H](O)CC(C)(C)C1=C=C[C@H](C)O. The molecule has 15 heavy (non-hydrogen) atoms. The van der Waals surface area contributed by atoms with Gasteiger partial charge in [0.25, 0.3) is 0 Å². The number of hydrogen-bond donors (Lipinski definition) is 2. The van der Waals surface area contributed by atoms with E-state index < -0.39 is 6.10 Å². The van der Waals surface area contributed by atoms with Gasteiger partial charge in [0.05, 0.1) is 12.2 Å². The highest BCUT2D eigenvalue weighted by Gasteiger charge is 2.30. The van der Waals surface area contributed by atoms with Crippen LogP contribution in [0.15, 0.2) is 29.0 Å². The lowest BCUT2D eigenvalue weighted by Gasteiger charge is -2.33. The van der Waals surface area contributed by atoms with Crippen LogP contribution in [0.4, 0.5) is 0 Å². The molecule has 0 aromatic rings. The zero-order valence-corrected chi connectivity index (χ0v) is 9.91. The summed E-state index contributed by atoms with van der Waals surface area (Å²) >= 11 is 0. The second kappa shape index (κ2) is 4.36. The van der Waals surface area contributed by atoms with Gasteiger partial charge in [0.1, 0.15) is 0 Å². The van der Waals surface area contributed by atoms with Gasteiger partial charge in [-0.1, -0.05) is 19.9 Å². The zero-order chi connectivity index (χ0) is 11.6. The predicted molar refractivity (Wildman–Crippen MR) is 61.4 cm³/mol. The molecular formula is C13H20O2. The third kappa shape index (κ3) is 3.07. The first-order valence-electron chi connectivity index (χ1n) is 5.35. The smallest absolute Gasteiger partial charge is 0.0766 e. The highest BCUT2D eigenvalue weighted by atomic mass is 16.3. The Morgan fingerprint density at radius 1 is 1.60 bits per heavy atom. The second-order valence-corrected chi connectivity index (χ2v) is 4.93. The minimum absolute atomic E-state index is 0.0797. The van der Waals surface area contributed by atoms with Crippen molar-refractivity contribution in [3.05, 3.63) is 29.0 Å². The molecule has 0 fully saturated rings. The summed E-state index contributed by atoms with van der Waals surface area (Å²) in [5.74, 6) is 0. The van der Waals surface area contributed by atoms with E-state index in [1.54, 1.807) is 13.0 Å². The molecule has 0 aromatic carbocycles. The van der Waals surface area contributed by atoms with Gasteiger partial charge in [-0.3, -0.25) is 0 Å². The predicted octanol–water partition coefficient (Wildman–Crippen LogP) is 2.19. The maximum Gasteiger partial charge on any atom is 0.0766 e. The fourth-order valence-corrected chi connectivity index (χ4v) is 2.10. The molecule has 2 atom stereocenters. The summed E-state index contributed by atoms with van der Waals surface area (Å²) in [6, 6.07) is 0. The molecule has 0 aliphatic heterocycles. The van der Waals surface area contributed by atoms with E-state index in [9.17, 15) is 10.2 Å². The average Bonchev–Trinajstić information content (AvgIpc) is 1.98. The van der Waals surface area contributed by atoms with Crippen LogP contribution in [-0.4, -0.2) is 22.4 Å². The second-order valence-electron chi connectivity index (χ2n) is 4.93. The van der Waals surface area contributed by atoms with Crippen LogP contribution < -0.4 is 0 Å². The van der Waals surface area contributed by atoms with Gasteiger partial charge >= 0.3 is 0 Å². The van der Waals surface area contributed by atoms with Crippen LogP contribution in [0.5, 0.6) is 0 Å². The molecule has 0 radical (unpaired) electrons. The van der Waals surface area contributed by atoms with Crippen molar-refractivity contribution in [2.45, 2.75) is 46.3 Å². The molecule has 0 bridgehead atoms. The van der Waals surface area contributed by atoms with E-state index in [2.05, 4.69) is 19.6 Å². The van der Waals surface area contributed by atoms with Crippen LogP contribution in [0.2, 0.25) is 0 Å². The zero-order valence-electron chi connectivity index (χ0n) is 9.91. The topological polar surface area (TPSA) is 40.5 Å². The van der Waals surface area contributed by atoms with Crippen LogP contribution in [0, 0.1) is 5.41 Å². The number of aliphatic hydroxyl groups is 2. The Bertz CT molecular complexity index is 328. The maximum atomic E-state index is 9.63. The monoisotopic (exact) mass is 208 g/mol. The third-order valence-corrected chi connectivity index (χ3v) is 2.70. The van der Waals surface area contributed by atoms with E-state index in [0.717, 1.165) is 11.1 Å². The number of allylic oxidation sites excluding steroid dienone is 1. The van der Waals surface area contributed by atoms with E-state index in [1.807, 2.05) is 13.0 Å². The van der Waals surface area contributed by atoms with Crippen LogP contribution in [-0.2, 0) is 0 Å². The lowest BCUT2D eigenvalue weighted by molar-refractivity contribution is 0.161. The molecule has 0 spiro atoms. The Labute approximate surface area is 91.6 Å². The van der Waals surface area contributed by atoms with Gasteiger partial charge in [0, 0.05) is 5.57 Å². The molecule has 2 heteroatoms. The molecule has 0 saturated heterocycles. The van der Waals surface area contributed by atoms with Gasteiger partial charge in [0.15, 0.2) is 0 Å². The van der Waals surface area contributed by atoms with Crippen molar-refractivity contribution in [2.75, 3.05) is 0 Å². The van der Waals surface area contributed by atoms with Crippen molar-refractivity contribution in [1.29, 1.82) is 0 Å². The van der Waals surface area contributed by atoms with E-state index in [0.29, 0.717) is 6.42 Å². The summed E-state index contributed by atoms with van der Waals surface area (Å²) < 4.78 is 0. The third-order valence-electron chi connectivity index (χ3n) is 2.70. The van der Waals surface area contributed by atoms with E-state index in [-0.39, 0.29) is 11.5 Å². The Kier molecular flexibility index (Phi) is 3.56. The van der Waals surface area contributed by atoms with Crippen molar-refractivity contribution in [2.24, 2.45) is 5.41 Å². The van der Waals surface area contributed by atoms with Crippen LogP contribution in [0.25, 0.3) is 0 Å². The van der Waals surface area contributed by atoms with Crippen molar-refractivity contribution in [1.82, 2.24) is 0 Å². The molecular weight excluding hydrogens is 188 g/mol. The average molecular weight is 208 g/mol. The Morgan fingerprint density at radius 3 is 2.67 bits per heavy atom. The molecule has 2 nitrogen and oxygen atoms in total. The van der Waals surface area contributed by atoms with Crippen LogP contribution in [0.1, 0.15) is 34.1 Å². The lowest BCUT2D eigenvalue weighted by Crippen LogP contribution is -2.26. The summed E-state index contributed by atoms with van der Waals surface area (Å²) in [5.41, 5.74) is 5.19. The first kappa shape index (κ1) is 12.3. The minimum Gasteiger partial charge on any atom is -0.389 e. The first-order chi connectivity index (χ1) is 6.83. The summed E-state index contributed by atoms with van der Waals surface area (Å²) in [7, 11) is 0. The lowest BCUT2D eigenvalue weighted by atomic mass is 9.72. The van der Waals surface area contributed by atoms with Gasteiger partial charge in [-0.25, -0.2) is 0 Å². The first-order valence-corrected chi connectivity index (χ1v) is 5.35. The summed E-state index contributed by atoms with van der Waals surface area (Å²) in [6.45, 7) is 7.86. The van der Waals surface area contributed by atoms with Crippen molar-refractivity contribution in [3.63, 3.8) is 0 Å². The molecule has 1 aliphatic carbocycles. The van der Waals surface area contributed by atoms with Crippen molar-refractivity contribution in [3.8, 4) is 0 Å². The van der Waals surface area contributed by atoms with E-state index in [4.69, 9.17) is 0 Å². The number of rotatable bonds is 1. The summed E-state index contributed by atoms with van der Waals surface area (Å²) in [6.07, 6.45) is 3.38. The standard InChI is InChI=1S/C13H20O2/c1-9-7-11(15)8-13(3,4)12(9)6-5-10(2)14/h5,7,10-11,14-15H,8H2,1-4H3/t6?,10-,11+/m0/s1. The van der Waals surface area contributed by atoms with E-state index in [1.165, 1.54) is 0 Å². The fourth-order valence-electron chi connectivity index (χ4n) is 2.10. The molecule has 84 valence electrons. The van der Waals surface area contributed by atoms with Crippen LogP contribution >= 0.6 is 0 Å². The molecule has 1 aliphatic rings. The molecule has 0 saturated carbocycles. The van der Waals surface area contributed by atoms with Gasteiger partial charge in [-0.05, 0) is 37.3 Å². The highest BCUT2D eigenvalue weighted by Crippen LogP contribution is 2.39. The quantitative estimate of drug-likeness (QED) is 0.648. The number of hydrogen-bond acceptors (Lipinski definition) is 2. The Hall–Kier alpha value is -0.820. The fraction of sp³-hybridized carbons (Fsp3) is 0.615. The van der Waals surface area contributed by atoms with E-state index >= 15 is 0 Å².